The van der Waals surface area contributed by atoms with E-state index in [0.29, 0.717) is 18.7 Å². The van der Waals surface area contributed by atoms with Gasteiger partial charge in [0, 0.05) is 30.8 Å². The van der Waals surface area contributed by atoms with Gasteiger partial charge in [-0.1, -0.05) is 48.5 Å². The second kappa shape index (κ2) is 12.1. The van der Waals surface area contributed by atoms with E-state index in [1.54, 1.807) is 6.20 Å². The van der Waals surface area contributed by atoms with Crippen molar-refractivity contribution in [3.63, 3.8) is 0 Å². The first-order chi connectivity index (χ1) is 19.3. The molecule has 3 N–H and O–H groups in total. The molecule has 3 rings (SSSR count). The molecule has 11 heteroatoms. The Morgan fingerprint density at radius 1 is 0.953 bits per heavy atom. The van der Waals surface area contributed by atoms with Gasteiger partial charge in [-0.2, -0.15) is 0 Å². The first kappa shape index (κ1) is 35.5. The maximum Gasteiger partial charge on any atom is 0.408 e. The number of carbonyl (C=O) groups is 2. The van der Waals surface area contributed by atoms with Crippen molar-refractivity contribution in [2.75, 3.05) is 18.0 Å². The van der Waals surface area contributed by atoms with Gasteiger partial charge in [-0.3, -0.25) is 9.78 Å². The van der Waals surface area contributed by atoms with Crippen LogP contribution in [0.15, 0.2) is 6.20 Å². The molecule has 43 heavy (non-hydrogen) atoms. The van der Waals surface area contributed by atoms with Gasteiger partial charge in [0.1, 0.15) is 5.60 Å². The zero-order valence-electron chi connectivity index (χ0n) is 29.2. The SMILES string of the molecule is CC1CN(c2c(C(N)=O)cnc3c2CCC3O[Si](C)(C)C(C)(C)C)CC(NC(=O)OC(C)(C)C)[C@H]1O[Si](C)(C)C(C)(C)C. The second-order valence-electron chi connectivity index (χ2n) is 16.6. The van der Waals surface area contributed by atoms with Gasteiger partial charge in [-0.15, -0.1) is 0 Å². The number of carbonyl (C=O) groups excluding carboxylic acids is 2. The van der Waals surface area contributed by atoms with Crippen molar-refractivity contribution in [1.82, 2.24) is 10.3 Å². The monoisotopic (exact) mass is 634 g/mol. The van der Waals surface area contributed by atoms with Crippen molar-refractivity contribution >= 4 is 34.3 Å². The lowest BCUT2D eigenvalue weighted by Gasteiger charge is -2.49. The van der Waals surface area contributed by atoms with Crippen LogP contribution >= 0.6 is 0 Å². The number of piperidine rings is 1. The van der Waals surface area contributed by atoms with E-state index in [-0.39, 0.29) is 34.2 Å². The predicted octanol–water partition coefficient (Wildman–Crippen LogP) is 6.93. The average Bonchev–Trinajstić information content (AvgIpc) is 3.19. The number of pyridine rings is 1. The molecule has 2 amide bonds. The molecule has 1 aliphatic heterocycles. The molecule has 9 nitrogen and oxygen atoms in total. The molecule has 0 aromatic carbocycles. The summed E-state index contributed by atoms with van der Waals surface area (Å²) in [5.74, 6) is -0.462. The van der Waals surface area contributed by atoms with E-state index in [4.69, 9.17) is 24.3 Å². The molecule has 2 aliphatic rings. The minimum Gasteiger partial charge on any atom is -0.444 e. The Hall–Kier alpha value is -1.96. The molecule has 1 aromatic heterocycles. The molecule has 3 unspecified atom stereocenters. The van der Waals surface area contributed by atoms with Crippen molar-refractivity contribution < 1.29 is 23.2 Å². The van der Waals surface area contributed by atoms with Gasteiger partial charge in [0.2, 0.25) is 0 Å². The summed E-state index contributed by atoms with van der Waals surface area (Å²) in [6.07, 6.45) is 2.35. The Bertz CT molecular complexity index is 1200. The summed E-state index contributed by atoms with van der Waals surface area (Å²) in [5, 5.41) is 3.21. The summed E-state index contributed by atoms with van der Waals surface area (Å²) < 4.78 is 19.5. The standard InChI is InChI=1S/C32H58N4O5Si2/c1-20-18-36(19-23(35-29(38)39-30(2,3)4)27(20)41-43(13,14)32(8,9)10)26-21-15-16-24(40-42(11,12)31(5,6)7)25(21)34-17-22(26)28(33)37/h17,20,23-24,27H,15-16,18-19H2,1-14H3,(H2,33,37)(H,35,38)/t20?,23?,24?,27-/m0/s1. The number of hydrogen-bond acceptors (Lipinski definition) is 7. The van der Waals surface area contributed by atoms with E-state index in [0.717, 1.165) is 29.8 Å². The normalized spacial score (nSPS) is 23.6. The van der Waals surface area contributed by atoms with Crippen molar-refractivity contribution in [2.45, 2.75) is 142 Å². The van der Waals surface area contributed by atoms with Crippen molar-refractivity contribution in [3.8, 4) is 0 Å². The summed E-state index contributed by atoms with van der Waals surface area (Å²) in [6.45, 7) is 31.2. The molecule has 1 saturated heterocycles. The van der Waals surface area contributed by atoms with Crippen LogP contribution in [0.5, 0.6) is 0 Å². The van der Waals surface area contributed by atoms with Gasteiger partial charge in [-0.05, 0) is 69.9 Å². The summed E-state index contributed by atoms with van der Waals surface area (Å²) in [4.78, 5) is 32.9. The van der Waals surface area contributed by atoms with Crippen LogP contribution in [0.4, 0.5) is 10.5 Å². The highest BCUT2D eigenvalue weighted by molar-refractivity contribution is 6.74. The molecule has 0 bridgehead atoms. The van der Waals surface area contributed by atoms with Gasteiger partial charge in [0.25, 0.3) is 5.91 Å². The quantitative estimate of drug-likeness (QED) is 0.313. The molecule has 1 aliphatic carbocycles. The lowest BCUT2D eigenvalue weighted by atomic mass is 9.91. The molecular formula is C32H58N4O5Si2. The summed E-state index contributed by atoms with van der Waals surface area (Å²) in [7, 11) is -4.23. The van der Waals surface area contributed by atoms with E-state index in [2.05, 4.69) is 84.9 Å². The van der Waals surface area contributed by atoms with Crippen molar-refractivity contribution in [2.24, 2.45) is 11.7 Å². The van der Waals surface area contributed by atoms with Crippen LogP contribution in [-0.4, -0.2) is 64.5 Å². The lowest BCUT2D eigenvalue weighted by Crippen LogP contribution is -2.63. The van der Waals surface area contributed by atoms with Crippen LogP contribution in [-0.2, 0) is 20.0 Å². The number of anilines is 1. The number of amides is 2. The third-order valence-corrected chi connectivity index (χ3v) is 18.8. The van der Waals surface area contributed by atoms with Crippen molar-refractivity contribution in [3.05, 3.63) is 23.0 Å². The van der Waals surface area contributed by atoms with Gasteiger partial charge in [0.05, 0.1) is 35.2 Å². The van der Waals surface area contributed by atoms with Crippen LogP contribution in [0, 0.1) is 5.92 Å². The second-order valence-corrected chi connectivity index (χ2v) is 26.1. The first-order valence-corrected chi connectivity index (χ1v) is 21.6. The Morgan fingerprint density at radius 3 is 2.02 bits per heavy atom. The fraction of sp³-hybridized carbons (Fsp3) is 0.781. The molecule has 1 aromatic rings. The van der Waals surface area contributed by atoms with Crippen LogP contribution in [0.3, 0.4) is 0 Å². The number of rotatable bonds is 7. The third-order valence-electron chi connectivity index (χ3n) is 9.79. The van der Waals surface area contributed by atoms with E-state index >= 15 is 0 Å². The number of alkyl carbamates (subject to hydrolysis) is 1. The molecule has 0 spiro atoms. The number of nitrogens with one attached hydrogen (secondary N) is 1. The predicted molar refractivity (Wildman–Crippen MR) is 179 cm³/mol. The van der Waals surface area contributed by atoms with Crippen LogP contribution in [0.25, 0.3) is 0 Å². The van der Waals surface area contributed by atoms with Gasteiger partial charge in [-0.25, -0.2) is 4.79 Å². The number of nitrogens with zero attached hydrogens (tertiary/aromatic N) is 2. The van der Waals surface area contributed by atoms with Gasteiger partial charge >= 0.3 is 6.09 Å². The molecule has 0 saturated carbocycles. The minimum atomic E-state index is -2.18. The zero-order chi connectivity index (χ0) is 32.9. The van der Waals surface area contributed by atoms with E-state index in [1.165, 1.54) is 0 Å². The van der Waals surface area contributed by atoms with Gasteiger partial charge < -0.3 is 29.5 Å². The number of primary amides is 1. The largest absolute Gasteiger partial charge is 0.444 e. The highest BCUT2D eigenvalue weighted by Gasteiger charge is 2.47. The smallest absolute Gasteiger partial charge is 0.408 e. The Labute approximate surface area is 262 Å². The third kappa shape index (κ3) is 8.01. The molecule has 1 fully saturated rings. The van der Waals surface area contributed by atoms with E-state index < -0.39 is 34.2 Å². The molecule has 0 radical (unpaired) electrons. The number of fused-ring (bicyclic) bond motifs is 1. The topological polar surface area (TPSA) is 116 Å². The summed E-state index contributed by atoms with van der Waals surface area (Å²) in [6, 6.07) is -0.363. The fourth-order valence-corrected chi connectivity index (χ4v) is 8.16. The number of aromatic nitrogens is 1. The maximum atomic E-state index is 13.1. The highest BCUT2D eigenvalue weighted by Crippen LogP contribution is 2.46. The molecule has 4 atom stereocenters. The van der Waals surface area contributed by atoms with E-state index in [1.807, 2.05) is 20.8 Å². The van der Waals surface area contributed by atoms with Crippen LogP contribution < -0.4 is 16.0 Å². The number of nitrogens with two attached hydrogens (primary N) is 1. The highest BCUT2D eigenvalue weighted by atomic mass is 28.4. The lowest BCUT2D eigenvalue weighted by molar-refractivity contribution is 0.0336. The maximum absolute atomic E-state index is 13.1. The Balaban J connectivity index is 2.04. The van der Waals surface area contributed by atoms with Gasteiger partial charge in [0.15, 0.2) is 16.6 Å². The van der Waals surface area contributed by atoms with Crippen LogP contribution in [0.2, 0.25) is 36.3 Å². The Morgan fingerprint density at radius 2 is 1.51 bits per heavy atom. The average molecular weight is 635 g/mol. The molecular weight excluding hydrogens is 577 g/mol. The molecule has 2 heterocycles. The van der Waals surface area contributed by atoms with Crippen LogP contribution in [0.1, 0.15) is 103 Å². The number of ether oxygens (including phenoxy) is 1. The Kier molecular flexibility index (Phi) is 9.99. The fourth-order valence-electron chi connectivity index (χ4n) is 5.43. The minimum absolute atomic E-state index is 0.00451. The first-order valence-electron chi connectivity index (χ1n) is 15.8. The zero-order valence-corrected chi connectivity index (χ0v) is 31.2. The summed E-state index contributed by atoms with van der Waals surface area (Å²) >= 11 is 0. The number of hydrogen-bond donors (Lipinski definition) is 2. The molecule has 244 valence electrons. The summed E-state index contributed by atoms with van der Waals surface area (Å²) in [5.41, 5.74) is 8.44. The van der Waals surface area contributed by atoms with Crippen molar-refractivity contribution in [1.29, 1.82) is 0 Å². The van der Waals surface area contributed by atoms with E-state index in [9.17, 15) is 9.59 Å².